The van der Waals surface area contributed by atoms with E-state index in [-0.39, 0.29) is 12.4 Å². The molecule has 0 saturated carbocycles. The standard InChI is InChI=1S/C13H17BrN6.ClH/c1-10-8-15-6-7-19(10)9-13-16-17-18-20(13)12-5-3-2-4-11(12)14;/h2-5,10,15H,6-9H2,1H3;1H/t10-;/m0./s1. The Morgan fingerprint density at radius 3 is 2.95 bits per heavy atom. The number of rotatable bonds is 3. The lowest BCUT2D eigenvalue weighted by Gasteiger charge is -2.33. The summed E-state index contributed by atoms with van der Waals surface area (Å²) in [7, 11) is 0. The van der Waals surface area contributed by atoms with Crippen LogP contribution in [-0.4, -0.2) is 50.8 Å². The van der Waals surface area contributed by atoms with E-state index in [9.17, 15) is 0 Å². The smallest absolute Gasteiger partial charge is 0.170 e. The van der Waals surface area contributed by atoms with Gasteiger partial charge in [-0.1, -0.05) is 12.1 Å². The highest BCUT2D eigenvalue weighted by molar-refractivity contribution is 9.10. The highest BCUT2D eigenvalue weighted by Crippen LogP contribution is 2.21. The number of benzene rings is 1. The Kier molecular flexibility index (Phi) is 5.69. The van der Waals surface area contributed by atoms with Gasteiger partial charge in [0.1, 0.15) is 0 Å². The third-order valence-electron chi connectivity index (χ3n) is 3.60. The maximum absolute atomic E-state index is 4.18. The first kappa shape index (κ1) is 16.4. The molecule has 1 aromatic heterocycles. The first-order valence-electron chi connectivity index (χ1n) is 6.72. The Labute approximate surface area is 138 Å². The van der Waals surface area contributed by atoms with Gasteiger partial charge in [0.15, 0.2) is 5.82 Å². The van der Waals surface area contributed by atoms with Gasteiger partial charge in [0.05, 0.1) is 12.2 Å². The van der Waals surface area contributed by atoms with E-state index in [4.69, 9.17) is 0 Å². The van der Waals surface area contributed by atoms with Crippen LogP contribution in [0.3, 0.4) is 0 Å². The Morgan fingerprint density at radius 1 is 1.38 bits per heavy atom. The Balaban J connectivity index is 0.00000161. The minimum absolute atomic E-state index is 0. The summed E-state index contributed by atoms with van der Waals surface area (Å²) in [5.74, 6) is 0.866. The lowest BCUT2D eigenvalue weighted by molar-refractivity contribution is 0.160. The fourth-order valence-corrected chi connectivity index (χ4v) is 2.87. The number of piperazine rings is 1. The summed E-state index contributed by atoms with van der Waals surface area (Å²) in [4.78, 5) is 2.40. The predicted octanol–water partition coefficient (Wildman–Crippen LogP) is 1.64. The maximum atomic E-state index is 4.18. The molecule has 1 aromatic carbocycles. The third kappa shape index (κ3) is 3.60. The second-order valence-electron chi connectivity index (χ2n) is 4.98. The minimum atomic E-state index is 0. The molecule has 0 radical (unpaired) electrons. The number of tetrazole rings is 1. The third-order valence-corrected chi connectivity index (χ3v) is 4.27. The fraction of sp³-hybridized carbons (Fsp3) is 0.462. The van der Waals surface area contributed by atoms with Gasteiger partial charge >= 0.3 is 0 Å². The van der Waals surface area contributed by atoms with Crippen molar-refractivity contribution in [1.29, 1.82) is 0 Å². The van der Waals surface area contributed by atoms with Crippen LogP contribution in [0.15, 0.2) is 28.7 Å². The SMILES string of the molecule is C[C@H]1CNCCN1Cc1nnnn1-c1ccccc1Br.Cl. The molecule has 1 atom stereocenters. The molecule has 0 spiro atoms. The van der Waals surface area contributed by atoms with E-state index >= 15 is 0 Å². The Hall–Kier alpha value is -1.02. The Morgan fingerprint density at radius 2 is 2.19 bits per heavy atom. The molecule has 1 aliphatic rings. The van der Waals surface area contributed by atoms with Gasteiger partial charge in [0.2, 0.25) is 0 Å². The minimum Gasteiger partial charge on any atom is -0.314 e. The van der Waals surface area contributed by atoms with Crippen LogP contribution in [0, 0.1) is 0 Å². The molecule has 6 nitrogen and oxygen atoms in total. The number of halogens is 2. The normalized spacial score (nSPS) is 19.2. The molecule has 0 amide bonds. The van der Waals surface area contributed by atoms with Crippen molar-refractivity contribution in [3.8, 4) is 5.69 Å². The fourth-order valence-electron chi connectivity index (χ4n) is 2.41. The number of para-hydroxylation sites is 1. The largest absolute Gasteiger partial charge is 0.314 e. The molecule has 0 bridgehead atoms. The quantitative estimate of drug-likeness (QED) is 0.886. The first-order chi connectivity index (χ1) is 9.75. The molecule has 3 rings (SSSR count). The van der Waals surface area contributed by atoms with Crippen LogP contribution in [0.1, 0.15) is 12.7 Å². The molecule has 1 aliphatic heterocycles. The zero-order valence-corrected chi connectivity index (χ0v) is 14.1. The highest BCUT2D eigenvalue weighted by atomic mass is 79.9. The maximum Gasteiger partial charge on any atom is 0.170 e. The van der Waals surface area contributed by atoms with Crippen molar-refractivity contribution in [3.05, 3.63) is 34.6 Å². The second-order valence-corrected chi connectivity index (χ2v) is 5.84. The van der Waals surface area contributed by atoms with E-state index in [1.54, 1.807) is 4.68 Å². The van der Waals surface area contributed by atoms with Crippen molar-refractivity contribution in [1.82, 2.24) is 30.4 Å². The number of hydrogen-bond acceptors (Lipinski definition) is 5. The summed E-state index contributed by atoms with van der Waals surface area (Å²) >= 11 is 3.55. The average Bonchev–Trinajstić information content (AvgIpc) is 2.90. The predicted molar refractivity (Wildman–Crippen MR) is 86.8 cm³/mol. The number of hydrogen-bond donors (Lipinski definition) is 1. The van der Waals surface area contributed by atoms with E-state index in [1.165, 1.54) is 0 Å². The molecule has 21 heavy (non-hydrogen) atoms. The van der Waals surface area contributed by atoms with Gasteiger partial charge < -0.3 is 5.32 Å². The summed E-state index contributed by atoms with van der Waals surface area (Å²) in [5, 5.41) is 15.5. The van der Waals surface area contributed by atoms with Crippen LogP contribution < -0.4 is 5.32 Å². The van der Waals surface area contributed by atoms with E-state index in [0.717, 1.165) is 42.2 Å². The van der Waals surface area contributed by atoms with Gasteiger partial charge in [0, 0.05) is 30.1 Å². The van der Waals surface area contributed by atoms with Gasteiger partial charge in [0.25, 0.3) is 0 Å². The molecular weight excluding hydrogens is 356 g/mol. The van der Waals surface area contributed by atoms with Crippen molar-refractivity contribution < 1.29 is 0 Å². The van der Waals surface area contributed by atoms with Crippen LogP contribution in [0.4, 0.5) is 0 Å². The average molecular weight is 374 g/mol. The summed E-state index contributed by atoms with van der Waals surface area (Å²) < 4.78 is 2.79. The second kappa shape index (κ2) is 7.31. The molecule has 2 heterocycles. The molecular formula is C13H18BrClN6. The number of aromatic nitrogens is 4. The van der Waals surface area contributed by atoms with Crippen LogP contribution in [-0.2, 0) is 6.54 Å². The van der Waals surface area contributed by atoms with Crippen LogP contribution in [0.2, 0.25) is 0 Å². The van der Waals surface area contributed by atoms with E-state index in [0.29, 0.717) is 6.04 Å². The molecule has 8 heteroatoms. The van der Waals surface area contributed by atoms with Crippen molar-refractivity contribution in [2.24, 2.45) is 0 Å². The number of nitrogens with one attached hydrogen (secondary N) is 1. The molecule has 114 valence electrons. The van der Waals surface area contributed by atoms with E-state index in [1.807, 2.05) is 24.3 Å². The molecule has 1 saturated heterocycles. The lowest BCUT2D eigenvalue weighted by Crippen LogP contribution is -2.49. The zero-order chi connectivity index (χ0) is 13.9. The summed E-state index contributed by atoms with van der Waals surface area (Å²) in [6, 6.07) is 8.46. The molecule has 1 fully saturated rings. The number of nitrogens with zero attached hydrogens (tertiary/aromatic N) is 5. The van der Waals surface area contributed by atoms with Crippen LogP contribution in [0.5, 0.6) is 0 Å². The van der Waals surface area contributed by atoms with Crippen molar-refractivity contribution in [3.63, 3.8) is 0 Å². The highest BCUT2D eigenvalue weighted by Gasteiger charge is 2.21. The van der Waals surface area contributed by atoms with Gasteiger partial charge in [-0.3, -0.25) is 4.90 Å². The summed E-state index contributed by atoms with van der Waals surface area (Å²) in [6.45, 7) is 6.03. The van der Waals surface area contributed by atoms with Crippen molar-refractivity contribution in [2.45, 2.75) is 19.5 Å². The van der Waals surface area contributed by atoms with E-state index < -0.39 is 0 Å². The lowest BCUT2D eigenvalue weighted by atomic mass is 10.2. The topological polar surface area (TPSA) is 58.9 Å². The summed E-state index contributed by atoms with van der Waals surface area (Å²) in [6.07, 6.45) is 0. The molecule has 0 aliphatic carbocycles. The van der Waals surface area contributed by atoms with Crippen LogP contribution >= 0.6 is 28.3 Å². The van der Waals surface area contributed by atoms with Gasteiger partial charge in [-0.15, -0.1) is 17.5 Å². The first-order valence-corrected chi connectivity index (χ1v) is 7.52. The molecule has 0 unspecified atom stereocenters. The van der Waals surface area contributed by atoms with Gasteiger partial charge in [-0.25, -0.2) is 0 Å². The Bertz CT molecular complexity index is 590. The van der Waals surface area contributed by atoms with Crippen LogP contribution in [0.25, 0.3) is 5.69 Å². The van der Waals surface area contributed by atoms with Gasteiger partial charge in [-0.05, 0) is 45.4 Å². The monoisotopic (exact) mass is 372 g/mol. The van der Waals surface area contributed by atoms with Gasteiger partial charge in [-0.2, -0.15) is 4.68 Å². The molecule has 1 N–H and O–H groups in total. The van der Waals surface area contributed by atoms with E-state index in [2.05, 4.69) is 48.6 Å². The zero-order valence-electron chi connectivity index (χ0n) is 11.7. The molecule has 2 aromatic rings. The van der Waals surface area contributed by atoms with Crippen molar-refractivity contribution in [2.75, 3.05) is 19.6 Å². The van der Waals surface area contributed by atoms with Crippen molar-refractivity contribution >= 4 is 28.3 Å². The summed E-state index contributed by atoms with van der Waals surface area (Å²) in [5.41, 5.74) is 0.968.